The van der Waals surface area contributed by atoms with Gasteiger partial charge in [-0.15, -0.1) is 0 Å². The van der Waals surface area contributed by atoms with Crippen molar-refractivity contribution in [3.05, 3.63) is 30.1 Å². The highest BCUT2D eigenvalue weighted by Crippen LogP contribution is 2.11. The minimum absolute atomic E-state index is 0.00492. The van der Waals surface area contributed by atoms with E-state index in [1.165, 1.54) is 12.1 Å². The molecule has 0 fully saturated rings. The number of carbonyl (C=O) groups is 1. The van der Waals surface area contributed by atoms with Gasteiger partial charge in [0.15, 0.2) is 0 Å². The third kappa shape index (κ3) is 6.76. The van der Waals surface area contributed by atoms with Crippen LogP contribution in [0.5, 0.6) is 5.75 Å². The van der Waals surface area contributed by atoms with E-state index >= 15 is 0 Å². The number of carboxylic acid groups (broad SMARTS) is 1. The maximum absolute atomic E-state index is 12.7. The van der Waals surface area contributed by atoms with Gasteiger partial charge in [0.1, 0.15) is 18.2 Å². The molecule has 0 unspecified atom stereocenters. The lowest BCUT2D eigenvalue weighted by Gasteiger charge is -2.22. The van der Waals surface area contributed by atoms with Crippen LogP contribution in [0.2, 0.25) is 0 Å². The highest BCUT2D eigenvalue weighted by molar-refractivity contribution is 5.69. The quantitative estimate of drug-likeness (QED) is 0.786. The van der Waals surface area contributed by atoms with E-state index in [0.717, 1.165) is 0 Å². The van der Waals surface area contributed by atoms with Gasteiger partial charge in [0.05, 0.1) is 6.54 Å². The average molecular weight is 269 g/mol. The lowest BCUT2D eigenvalue weighted by molar-refractivity contribution is -0.138. The molecular weight excluding hydrogens is 249 g/mol. The van der Waals surface area contributed by atoms with E-state index in [2.05, 4.69) is 0 Å². The van der Waals surface area contributed by atoms with Gasteiger partial charge >= 0.3 is 5.97 Å². The molecule has 5 heteroatoms. The Morgan fingerprint density at radius 3 is 2.53 bits per heavy atom. The molecule has 0 atom stereocenters. The molecule has 0 aliphatic heterocycles. The summed E-state index contributed by atoms with van der Waals surface area (Å²) in [6, 6.07) is 5.77. The molecular formula is C14H20FNO3. The van der Waals surface area contributed by atoms with Gasteiger partial charge in [-0.1, -0.05) is 13.8 Å². The highest BCUT2D eigenvalue weighted by Gasteiger charge is 2.11. The predicted molar refractivity (Wildman–Crippen MR) is 70.8 cm³/mol. The molecule has 0 aliphatic rings. The number of carboxylic acids is 1. The van der Waals surface area contributed by atoms with Crippen LogP contribution in [0.25, 0.3) is 0 Å². The molecule has 0 bridgehead atoms. The third-order valence-electron chi connectivity index (χ3n) is 2.47. The number of ether oxygens (including phenoxy) is 1. The Morgan fingerprint density at radius 2 is 2.00 bits per heavy atom. The van der Waals surface area contributed by atoms with Crippen LogP contribution in [0.15, 0.2) is 24.3 Å². The Bertz CT molecular complexity index is 392. The summed E-state index contributed by atoms with van der Waals surface area (Å²) in [7, 11) is 0. The van der Waals surface area contributed by atoms with Crippen LogP contribution >= 0.6 is 0 Å². The van der Waals surface area contributed by atoms with Crippen LogP contribution in [0, 0.1) is 11.7 Å². The molecule has 0 heterocycles. The van der Waals surface area contributed by atoms with Crippen molar-refractivity contribution in [1.29, 1.82) is 0 Å². The van der Waals surface area contributed by atoms with Crippen LogP contribution in [-0.4, -0.2) is 42.2 Å². The normalized spacial score (nSPS) is 11.0. The molecule has 0 aliphatic carbocycles. The highest BCUT2D eigenvalue weighted by atomic mass is 19.1. The Morgan fingerprint density at radius 1 is 1.37 bits per heavy atom. The molecule has 0 amide bonds. The fourth-order valence-corrected chi connectivity index (χ4v) is 1.77. The minimum Gasteiger partial charge on any atom is -0.492 e. The second-order valence-electron chi connectivity index (χ2n) is 4.83. The first-order valence-electron chi connectivity index (χ1n) is 6.30. The number of hydrogen-bond acceptors (Lipinski definition) is 3. The van der Waals surface area contributed by atoms with E-state index in [9.17, 15) is 9.18 Å². The lowest BCUT2D eigenvalue weighted by Crippen LogP contribution is -2.36. The lowest BCUT2D eigenvalue weighted by atomic mass is 10.2. The Kier molecular flexibility index (Phi) is 6.29. The van der Waals surface area contributed by atoms with Crippen molar-refractivity contribution >= 4 is 5.97 Å². The second-order valence-corrected chi connectivity index (χ2v) is 4.83. The van der Waals surface area contributed by atoms with Gasteiger partial charge in [-0.25, -0.2) is 4.39 Å². The number of rotatable bonds is 8. The van der Waals surface area contributed by atoms with Gasteiger partial charge in [-0.3, -0.25) is 9.69 Å². The summed E-state index contributed by atoms with van der Waals surface area (Å²) in [5.41, 5.74) is 0. The summed E-state index contributed by atoms with van der Waals surface area (Å²) in [5, 5.41) is 8.82. The van der Waals surface area contributed by atoms with Crippen LogP contribution in [0.4, 0.5) is 4.39 Å². The summed E-state index contributed by atoms with van der Waals surface area (Å²) >= 11 is 0. The van der Waals surface area contributed by atoms with E-state index in [1.807, 2.05) is 18.7 Å². The first-order valence-corrected chi connectivity index (χ1v) is 6.30. The fourth-order valence-electron chi connectivity index (χ4n) is 1.77. The molecule has 0 radical (unpaired) electrons. The van der Waals surface area contributed by atoms with E-state index in [1.54, 1.807) is 12.1 Å². The van der Waals surface area contributed by atoms with Crippen molar-refractivity contribution in [2.75, 3.05) is 26.2 Å². The van der Waals surface area contributed by atoms with Gasteiger partial charge in [0.25, 0.3) is 0 Å². The molecule has 1 aromatic carbocycles. The van der Waals surface area contributed by atoms with Gasteiger partial charge in [0, 0.05) is 13.1 Å². The first-order chi connectivity index (χ1) is 8.97. The van der Waals surface area contributed by atoms with E-state index in [0.29, 0.717) is 31.4 Å². The molecule has 19 heavy (non-hydrogen) atoms. The predicted octanol–water partition coefficient (Wildman–Crippen LogP) is 2.25. The fraction of sp³-hybridized carbons (Fsp3) is 0.500. The number of aliphatic carboxylic acids is 1. The van der Waals surface area contributed by atoms with Gasteiger partial charge in [0.2, 0.25) is 0 Å². The van der Waals surface area contributed by atoms with Gasteiger partial charge in [-0.2, -0.15) is 0 Å². The number of benzene rings is 1. The molecule has 1 aromatic rings. The molecule has 0 spiro atoms. The van der Waals surface area contributed by atoms with Crippen molar-refractivity contribution in [1.82, 2.24) is 4.90 Å². The van der Waals surface area contributed by atoms with E-state index < -0.39 is 5.97 Å². The molecule has 1 rings (SSSR count). The van der Waals surface area contributed by atoms with E-state index in [4.69, 9.17) is 9.84 Å². The van der Waals surface area contributed by atoms with Crippen molar-refractivity contribution in [3.8, 4) is 5.75 Å². The number of halogens is 1. The summed E-state index contributed by atoms with van der Waals surface area (Å²) in [6.45, 7) is 5.70. The van der Waals surface area contributed by atoms with Crippen molar-refractivity contribution in [2.24, 2.45) is 5.92 Å². The Labute approximate surface area is 112 Å². The van der Waals surface area contributed by atoms with Gasteiger partial charge in [-0.05, 0) is 30.2 Å². The second kappa shape index (κ2) is 7.74. The minimum atomic E-state index is -0.845. The Balaban J connectivity index is 2.38. The van der Waals surface area contributed by atoms with Crippen LogP contribution in [0.1, 0.15) is 13.8 Å². The maximum atomic E-state index is 12.7. The largest absolute Gasteiger partial charge is 0.492 e. The van der Waals surface area contributed by atoms with Crippen molar-refractivity contribution in [3.63, 3.8) is 0 Å². The molecule has 0 saturated carbocycles. The van der Waals surface area contributed by atoms with Gasteiger partial charge < -0.3 is 9.84 Å². The molecule has 0 aromatic heterocycles. The van der Waals surface area contributed by atoms with E-state index in [-0.39, 0.29) is 12.4 Å². The first kappa shape index (κ1) is 15.4. The number of nitrogens with zero attached hydrogens (tertiary/aromatic N) is 1. The Hall–Kier alpha value is -1.62. The van der Waals surface area contributed by atoms with Crippen LogP contribution in [-0.2, 0) is 4.79 Å². The smallest absolute Gasteiger partial charge is 0.317 e. The topological polar surface area (TPSA) is 49.8 Å². The standard InChI is InChI=1S/C14H20FNO3/c1-11(2)9-16(10-14(17)18)7-8-19-13-5-3-12(15)4-6-13/h3-6,11H,7-10H2,1-2H3,(H,17,18). The molecule has 1 N–H and O–H groups in total. The van der Waals surface area contributed by atoms with Crippen molar-refractivity contribution in [2.45, 2.75) is 13.8 Å². The molecule has 4 nitrogen and oxygen atoms in total. The van der Waals surface area contributed by atoms with Crippen LogP contribution < -0.4 is 4.74 Å². The monoisotopic (exact) mass is 269 g/mol. The molecule has 106 valence electrons. The van der Waals surface area contributed by atoms with Crippen LogP contribution in [0.3, 0.4) is 0 Å². The SMILES string of the molecule is CC(C)CN(CCOc1ccc(F)cc1)CC(=O)O. The zero-order chi connectivity index (χ0) is 14.3. The zero-order valence-corrected chi connectivity index (χ0v) is 11.3. The zero-order valence-electron chi connectivity index (χ0n) is 11.3. The third-order valence-corrected chi connectivity index (χ3v) is 2.47. The maximum Gasteiger partial charge on any atom is 0.317 e. The summed E-state index contributed by atoms with van der Waals surface area (Å²) in [4.78, 5) is 12.6. The number of hydrogen-bond donors (Lipinski definition) is 1. The molecule has 0 saturated heterocycles. The average Bonchev–Trinajstić information content (AvgIpc) is 2.30. The van der Waals surface area contributed by atoms with Crippen molar-refractivity contribution < 1.29 is 19.0 Å². The summed E-state index contributed by atoms with van der Waals surface area (Å²) in [6.07, 6.45) is 0. The summed E-state index contributed by atoms with van der Waals surface area (Å²) < 4.78 is 18.1. The summed E-state index contributed by atoms with van der Waals surface area (Å²) in [5.74, 6) is -0.173.